The van der Waals surface area contributed by atoms with E-state index in [2.05, 4.69) is 11.4 Å². The van der Waals surface area contributed by atoms with Crippen molar-refractivity contribution in [2.45, 2.75) is 26.3 Å². The topological polar surface area (TPSA) is 40.6 Å². The molecule has 5 heteroatoms. The molecule has 2 aliphatic rings. The summed E-state index contributed by atoms with van der Waals surface area (Å²) in [6.07, 6.45) is 1.34. The van der Waals surface area contributed by atoms with Crippen molar-refractivity contribution in [1.29, 1.82) is 0 Å². The van der Waals surface area contributed by atoms with Crippen LogP contribution in [0.2, 0.25) is 0 Å². The highest BCUT2D eigenvalue weighted by atomic mass is 32.1. The van der Waals surface area contributed by atoms with Crippen molar-refractivity contribution < 1.29 is 9.59 Å². The van der Waals surface area contributed by atoms with Crippen LogP contribution >= 0.6 is 11.3 Å². The van der Waals surface area contributed by atoms with Gasteiger partial charge in [0.1, 0.15) is 0 Å². The van der Waals surface area contributed by atoms with Crippen molar-refractivity contribution in [2.24, 2.45) is 5.92 Å². The van der Waals surface area contributed by atoms with Crippen molar-refractivity contribution in [2.75, 3.05) is 19.6 Å². The van der Waals surface area contributed by atoms with E-state index in [0.29, 0.717) is 26.1 Å². The van der Waals surface area contributed by atoms with Crippen molar-refractivity contribution >= 4 is 23.2 Å². The number of hydrogen-bond acceptors (Lipinski definition) is 3. The predicted molar refractivity (Wildman–Crippen MR) is 73.8 cm³/mol. The van der Waals surface area contributed by atoms with Crippen LogP contribution in [0.5, 0.6) is 0 Å². The molecule has 0 saturated carbocycles. The summed E-state index contributed by atoms with van der Waals surface area (Å²) < 4.78 is 0. The number of amides is 2. The molecule has 0 aromatic carbocycles. The predicted octanol–water partition coefficient (Wildman–Crippen LogP) is 1.50. The smallest absolute Gasteiger partial charge is 0.228 e. The van der Waals surface area contributed by atoms with E-state index in [-0.39, 0.29) is 17.7 Å². The monoisotopic (exact) mass is 278 g/mol. The minimum absolute atomic E-state index is 0.120. The minimum Gasteiger partial charge on any atom is -0.342 e. The second-order valence-electron chi connectivity index (χ2n) is 5.21. The van der Waals surface area contributed by atoms with E-state index in [1.54, 1.807) is 16.2 Å². The van der Waals surface area contributed by atoms with E-state index in [0.717, 1.165) is 13.0 Å². The second kappa shape index (κ2) is 4.96. The van der Waals surface area contributed by atoms with Gasteiger partial charge in [0.05, 0.1) is 5.92 Å². The summed E-state index contributed by atoms with van der Waals surface area (Å²) in [5, 5.41) is 2.09. The molecule has 0 unspecified atom stereocenters. The molecule has 1 aromatic rings. The van der Waals surface area contributed by atoms with E-state index in [9.17, 15) is 9.59 Å². The summed E-state index contributed by atoms with van der Waals surface area (Å²) in [6.45, 7) is 4.78. The van der Waals surface area contributed by atoms with E-state index in [4.69, 9.17) is 0 Å². The van der Waals surface area contributed by atoms with Crippen LogP contribution < -0.4 is 0 Å². The third-order valence-corrected chi connectivity index (χ3v) is 5.09. The average Bonchev–Trinajstić information content (AvgIpc) is 3.02. The zero-order chi connectivity index (χ0) is 13.4. The van der Waals surface area contributed by atoms with Gasteiger partial charge in [-0.05, 0) is 30.4 Å². The zero-order valence-electron chi connectivity index (χ0n) is 11.1. The lowest BCUT2D eigenvalue weighted by Gasteiger charge is -2.29. The number of fused-ring (bicyclic) bond motifs is 1. The first-order valence-electron chi connectivity index (χ1n) is 6.81. The number of thiophene rings is 1. The van der Waals surface area contributed by atoms with Crippen LogP contribution in [0.25, 0.3) is 0 Å². The van der Waals surface area contributed by atoms with E-state index in [1.807, 2.05) is 11.8 Å². The van der Waals surface area contributed by atoms with Gasteiger partial charge in [-0.15, -0.1) is 11.3 Å². The first-order valence-corrected chi connectivity index (χ1v) is 7.68. The maximum absolute atomic E-state index is 12.5. The van der Waals surface area contributed by atoms with Crippen molar-refractivity contribution in [3.05, 3.63) is 21.9 Å². The molecule has 0 spiro atoms. The molecule has 1 aromatic heterocycles. The van der Waals surface area contributed by atoms with Crippen LogP contribution in [0, 0.1) is 5.92 Å². The van der Waals surface area contributed by atoms with Gasteiger partial charge in [0.15, 0.2) is 0 Å². The quantitative estimate of drug-likeness (QED) is 0.822. The third-order valence-electron chi connectivity index (χ3n) is 4.06. The van der Waals surface area contributed by atoms with Crippen molar-refractivity contribution in [3.63, 3.8) is 0 Å². The Bertz CT molecular complexity index is 511. The zero-order valence-corrected chi connectivity index (χ0v) is 11.9. The van der Waals surface area contributed by atoms with Gasteiger partial charge in [-0.25, -0.2) is 0 Å². The molecule has 3 rings (SSSR count). The molecule has 2 aliphatic heterocycles. The Balaban J connectivity index is 1.68. The summed E-state index contributed by atoms with van der Waals surface area (Å²) in [5.41, 5.74) is 1.28. The molecule has 3 heterocycles. The molecule has 4 nitrogen and oxygen atoms in total. The number of rotatable bonds is 2. The SMILES string of the molecule is CCN1C[C@@H](C(=O)N2CCc3sccc3C2)CC1=O. The summed E-state index contributed by atoms with van der Waals surface area (Å²) in [4.78, 5) is 29.3. The van der Waals surface area contributed by atoms with Gasteiger partial charge in [0, 0.05) is 37.5 Å². The number of likely N-dealkylation sites (tertiary alicyclic amines) is 1. The highest BCUT2D eigenvalue weighted by Crippen LogP contribution is 2.27. The summed E-state index contributed by atoms with van der Waals surface area (Å²) in [6, 6.07) is 2.11. The molecule has 0 radical (unpaired) electrons. The average molecular weight is 278 g/mol. The van der Waals surface area contributed by atoms with Crippen LogP contribution in [0.1, 0.15) is 23.8 Å². The fraction of sp³-hybridized carbons (Fsp3) is 0.571. The normalized spacial score (nSPS) is 22.8. The van der Waals surface area contributed by atoms with Gasteiger partial charge < -0.3 is 9.80 Å². The maximum Gasteiger partial charge on any atom is 0.228 e. The highest BCUT2D eigenvalue weighted by molar-refractivity contribution is 7.10. The molecule has 0 N–H and O–H groups in total. The molecule has 19 heavy (non-hydrogen) atoms. The maximum atomic E-state index is 12.5. The fourth-order valence-corrected chi connectivity index (χ4v) is 3.83. The standard InChI is InChI=1S/C14H18N2O2S/c1-2-15-9-11(7-13(15)17)14(18)16-5-3-12-10(8-16)4-6-19-12/h4,6,11H,2-3,5,7-9H2,1H3/t11-/m0/s1. The van der Waals surface area contributed by atoms with Crippen LogP contribution in [0.3, 0.4) is 0 Å². The first kappa shape index (κ1) is 12.7. The number of carbonyl (C=O) groups excluding carboxylic acids is 2. The molecule has 0 aliphatic carbocycles. The molecule has 1 atom stereocenters. The Kier molecular flexibility index (Phi) is 3.31. The van der Waals surface area contributed by atoms with Gasteiger partial charge in [0.2, 0.25) is 11.8 Å². The first-order chi connectivity index (χ1) is 9.19. The van der Waals surface area contributed by atoms with E-state index >= 15 is 0 Å². The van der Waals surface area contributed by atoms with Gasteiger partial charge in [-0.3, -0.25) is 9.59 Å². The Morgan fingerprint density at radius 1 is 1.53 bits per heavy atom. The summed E-state index contributed by atoms with van der Waals surface area (Å²) in [7, 11) is 0. The molecule has 2 amide bonds. The largest absolute Gasteiger partial charge is 0.342 e. The molecular weight excluding hydrogens is 260 g/mol. The lowest BCUT2D eigenvalue weighted by atomic mass is 10.0. The third kappa shape index (κ3) is 2.27. The highest BCUT2D eigenvalue weighted by Gasteiger charge is 2.36. The van der Waals surface area contributed by atoms with Crippen molar-refractivity contribution in [3.8, 4) is 0 Å². The van der Waals surface area contributed by atoms with Gasteiger partial charge >= 0.3 is 0 Å². The van der Waals surface area contributed by atoms with Crippen LogP contribution in [-0.4, -0.2) is 41.2 Å². The lowest BCUT2D eigenvalue weighted by molar-refractivity contribution is -0.136. The van der Waals surface area contributed by atoms with Gasteiger partial charge in [-0.2, -0.15) is 0 Å². The Morgan fingerprint density at radius 2 is 2.37 bits per heavy atom. The fourth-order valence-electron chi connectivity index (χ4n) is 2.94. The van der Waals surface area contributed by atoms with Crippen LogP contribution in [0.4, 0.5) is 0 Å². The van der Waals surface area contributed by atoms with Crippen molar-refractivity contribution in [1.82, 2.24) is 9.80 Å². The lowest BCUT2D eigenvalue weighted by Crippen LogP contribution is -2.40. The van der Waals surface area contributed by atoms with Crippen LogP contribution in [-0.2, 0) is 22.6 Å². The molecular formula is C14H18N2O2S. The second-order valence-corrected chi connectivity index (χ2v) is 6.21. The Morgan fingerprint density at radius 3 is 3.11 bits per heavy atom. The molecule has 0 bridgehead atoms. The van der Waals surface area contributed by atoms with E-state index in [1.165, 1.54) is 10.4 Å². The summed E-state index contributed by atoms with van der Waals surface area (Å²) in [5.74, 6) is 0.142. The van der Waals surface area contributed by atoms with E-state index < -0.39 is 0 Å². The Labute approximate surface area is 117 Å². The molecule has 1 saturated heterocycles. The Hall–Kier alpha value is -1.36. The number of nitrogens with zero attached hydrogens (tertiary/aromatic N) is 2. The molecule has 102 valence electrons. The van der Waals surface area contributed by atoms with Crippen LogP contribution in [0.15, 0.2) is 11.4 Å². The summed E-state index contributed by atoms with van der Waals surface area (Å²) >= 11 is 1.78. The number of hydrogen-bond donors (Lipinski definition) is 0. The van der Waals surface area contributed by atoms with Gasteiger partial charge in [-0.1, -0.05) is 0 Å². The molecule has 1 fully saturated rings. The van der Waals surface area contributed by atoms with Gasteiger partial charge in [0.25, 0.3) is 0 Å². The number of carbonyl (C=O) groups is 2. The minimum atomic E-state index is -0.132.